The zero-order valence-electron chi connectivity index (χ0n) is 12.9. The van der Waals surface area contributed by atoms with Gasteiger partial charge in [0.2, 0.25) is 0 Å². The van der Waals surface area contributed by atoms with Gasteiger partial charge in [-0.1, -0.05) is 33.6 Å². The third kappa shape index (κ3) is 6.19. The van der Waals surface area contributed by atoms with E-state index in [9.17, 15) is 0 Å². The molecule has 1 atom stereocenters. The van der Waals surface area contributed by atoms with Gasteiger partial charge in [-0.2, -0.15) is 0 Å². The Morgan fingerprint density at radius 2 is 1.94 bits per heavy atom. The molecule has 1 aliphatic heterocycles. The number of likely N-dealkylation sites (tertiary alicyclic amines) is 1. The summed E-state index contributed by atoms with van der Waals surface area (Å²) in [4.78, 5) is 2.69. The monoisotopic (exact) mass is 254 g/mol. The van der Waals surface area contributed by atoms with Crippen molar-refractivity contribution in [3.05, 3.63) is 0 Å². The summed E-state index contributed by atoms with van der Waals surface area (Å²) >= 11 is 0. The number of rotatable bonds is 7. The second-order valence-electron chi connectivity index (χ2n) is 6.87. The van der Waals surface area contributed by atoms with Crippen molar-refractivity contribution < 1.29 is 0 Å². The number of nitrogens with two attached hydrogens (primary N) is 1. The number of hydrogen-bond donors (Lipinski definition) is 1. The smallest absolute Gasteiger partial charge is 0.00161 e. The van der Waals surface area contributed by atoms with Crippen LogP contribution in [0.25, 0.3) is 0 Å². The maximum atomic E-state index is 5.77. The van der Waals surface area contributed by atoms with E-state index in [2.05, 4.69) is 25.7 Å². The van der Waals surface area contributed by atoms with Crippen LogP contribution >= 0.6 is 0 Å². The number of nitrogens with zero attached hydrogens (tertiary/aromatic N) is 1. The SMILES string of the molecule is CCC1CCCN(CCCCC(C)(C)CN)CC1. The summed E-state index contributed by atoms with van der Waals surface area (Å²) in [6, 6.07) is 0. The van der Waals surface area contributed by atoms with Crippen LogP contribution in [0.5, 0.6) is 0 Å². The van der Waals surface area contributed by atoms with Gasteiger partial charge in [0.25, 0.3) is 0 Å². The molecule has 0 spiro atoms. The van der Waals surface area contributed by atoms with Crippen molar-refractivity contribution in [1.29, 1.82) is 0 Å². The van der Waals surface area contributed by atoms with Crippen LogP contribution in [-0.4, -0.2) is 31.1 Å². The summed E-state index contributed by atoms with van der Waals surface area (Å²) in [5.41, 5.74) is 6.11. The lowest BCUT2D eigenvalue weighted by Crippen LogP contribution is -2.27. The minimum atomic E-state index is 0.339. The Morgan fingerprint density at radius 1 is 1.17 bits per heavy atom. The van der Waals surface area contributed by atoms with Crippen LogP contribution in [-0.2, 0) is 0 Å². The maximum Gasteiger partial charge on any atom is -0.00161 e. The Morgan fingerprint density at radius 3 is 2.61 bits per heavy atom. The van der Waals surface area contributed by atoms with Crippen LogP contribution < -0.4 is 5.73 Å². The molecule has 2 nitrogen and oxygen atoms in total. The second kappa shape index (κ2) is 8.16. The fraction of sp³-hybridized carbons (Fsp3) is 1.00. The van der Waals surface area contributed by atoms with Crippen molar-refractivity contribution >= 4 is 0 Å². The van der Waals surface area contributed by atoms with E-state index in [1.165, 1.54) is 64.6 Å². The van der Waals surface area contributed by atoms with Crippen molar-refractivity contribution in [1.82, 2.24) is 4.90 Å². The Balaban J connectivity index is 2.12. The fourth-order valence-electron chi connectivity index (χ4n) is 2.90. The van der Waals surface area contributed by atoms with E-state index in [1.54, 1.807) is 0 Å². The highest BCUT2D eigenvalue weighted by Gasteiger charge is 2.17. The molecule has 0 amide bonds. The number of unbranched alkanes of at least 4 members (excludes halogenated alkanes) is 1. The lowest BCUT2D eigenvalue weighted by atomic mass is 9.87. The average Bonchev–Trinajstić information content (AvgIpc) is 2.60. The molecule has 1 saturated heterocycles. The van der Waals surface area contributed by atoms with Crippen LogP contribution in [0.1, 0.15) is 65.7 Å². The van der Waals surface area contributed by atoms with Crippen LogP contribution in [0.2, 0.25) is 0 Å². The van der Waals surface area contributed by atoms with Gasteiger partial charge in [0.15, 0.2) is 0 Å². The van der Waals surface area contributed by atoms with E-state index in [4.69, 9.17) is 5.73 Å². The van der Waals surface area contributed by atoms with E-state index in [0.717, 1.165) is 12.5 Å². The van der Waals surface area contributed by atoms with Gasteiger partial charge in [-0.05, 0) is 69.6 Å². The summed E-state index contributed by atoms with van der Waals surface area (Å²) in [6.07, 6.45) is 9.61. The Kier molecular flexibility index (Phi) is 7.25. The van der Waals surface area contributed by atoms with Gasteiger partial charge in [-0.15, -0.1) is 0 Å². The molecule has 0 bridgehead atoms. The van der Waals surface area contributed by atoms with E-state index in [-0.39, 0.29) is 0 Å². The van der Waals surface area contributed by atoms with E-state index >= 15 is 0 Å². The summed E-state index contributed by atoms with van der Waals surface area (Å²) in [5.74, 6) is 0.992. The van der Waals surface area contributed by atoms with Crippen molar-refractivity contribution in [3.8, 4) is 0 Å². The predicted octanol–water partition coefficient (Wildman–Crippen LogP) is 3.65. The van der Waals surface area contributed by atoms with Gasteiger partial charge in [0, 0.05) is 0 Å². The van der Waals surface area contributed by atoms with Crippen molar-refractivity contribution in [2.24, 2.45) is 17.1 Å². The zero-order valence-corrected chi connectivity index (χ0v) is 12.9. The minimum absolute atomic E-state index is 0.339. The third-order valence-electron chi connectivity index (χ3n) is 4.65. The molecule has 1 heterocycles. The summed E-state index contributed by atoms with van der Waals surface area (Å²) in [5, 5.41) is 0. The first kappa shape index (κ1) is 16.0. The van der Waals surface area contributed by atoms with Crippen LogP contribution in [0.4, 0.5) is 0 Å². The van der Waals surface area contributed by atoms with E-state index < -0.39 is 0 Å². The second-order valence-corrected chi connectivity index (χ2v) is 6.87. The molecule has 1 unspecified atom stereocenters. The normalized spacial score (nSPS) is 23.0. The minimum Gasteiger partial charge on any atom is -0.330 e. The quantitative estimate of drug-likeness (QED) is 0.703. The molecule has 0 aromatic carbocycles. The Bertz CT molecular complexity index is 213. The molecule has 0 aliphatic carbocycles. The molecule has 108 valence electrons. The molecule has 0 aromatic rings. The number of hydrogen-bond acceptors (Lipinski definition) is 2. The molecular formula is C16H34N2. The van der Waals surface area contributed by atoms with Gasteiger partial charge in [-0.25, -0.2) is 0 Å². The lowest BCUT2D eigenvalue weighted by Gasteiger charge is -2.24. The molecule has 1 fully saturated rings. The van der Waals surface area contributed by atoms with Gasteiger partial charge < -0.3 is 10.6 Å². The highest BCUT2D eigenvalue weighted by atomic mass is 15.1. The van der Waals surface area contributed by atoms with Gasteiger partial charge in [-0.3, -0.25) is 0 Å². The van der Waals surface area contributed by atoms with Gasteiger partial charge in [0.05, 0.1) is 0 Å². The maximum absolute atomic E-state index is 5.77. The highest BCUT2D eigenvalue weighted by molar-refractivity contribution is 4.71. The first-order valence-electron chi connectivity index (χ1n) is 8.00. The van der Waals surface area contributed by atoms with Crippen molar-refractivity contribution in [3.63, 3.8) is 0 Å². The highest BCUT2D eigenvalue weighted by Crippen LogP contribution is 2.23. The molecule has 0 aromatic heterocycles. The predicted molar refractivity (Wildman–Crippen MR) is 80.8 cm³/mol. The molecule has 2 heteroatoms. The first-order chi connectivity index (χ1) is 8.57. The molecule has 18 heavy (non-hydrogen) atoms. The van der Waals surface area contributed by atoms with Crippen LogP contribution in [0, 0.1) is 11.3 Å². The molecule has 0 saturated carbocycles. The summed E-state index contributed by atoms with van der Waals surface area (Å²) in [6.45, 7) is 11.7. The third-order valence-corrected chi connectivity index (χ3v) is 4.65. The Labute approximate surface area is 114 Å². The summed E-state index contributed by atoms with van der Waals surface area (Å²) < 4.78 is 0. The lowest BCUT2D eigenvalue weighted by molar-refractivity contribution is 0.260. The topological polar surface area (TPSA) is 29.3 Å². The van der Waals surface area contributed by atoms with Crippen molar-refractivity contribution in [2.75, 3.05) is 26.2 Å². The van der Waals surface area contributed by atoms with Gasteiger partial charge in [0.1, 0.15) is 0 Å². The molecule has 1 rings (SSSR count). The van der Waals surface area contributed by atoms with E-state index in [0.29, 0.717) is 5.41 Å². The molecule has 2 N–H and O–H groups in total. The molecule has 1 aliphatic rings. The average molecular weight is 254 g/mol. The molecular weight excluding hydrogens is 220 g/mol. The fourth-order valence-corrected chi connectivity index (χ4v) is 2.90. The van der Waals surface area contributed by atoms with Crippen molar-refractivity contribution in [2.45, 2.75) is 65.7 Å². The van der Waals surface area contributed by atoms with E-state index in [1.807, 2.05) is 0 Å². The molecule has 0 radical (unpaired) electrons. The largest absolute Gasteiger partial charge is 0.330 e. The zero-order chi connectivity index (χ0) is 13.4. The van der Waals surface area contributed by atoms with Crippen LogP contribution in [0.15, 0.2) is 0 Å². The summed E-state index contributed by atoms with van der Waals surface area (Å²) in [7, 11) is 0. The first-order valence-corrected chi connectivity index (χ1v) is 8.00. The standard InChI is InChI=1S/C16H34N2/c1-4-15-8-7-12-18(13-9-15)11-6-5-10-16(2,3)14-17/h15H,4-14,17H2,1-3H3. The Hall–Kier alpha value is -0.0800. The van der Waals surface area contributed by atoms with Crippen LogP contribution in [0.3, 0.4) is 0 Å². The van der Waals surface area contributed by atoms with Gasteiger partial charge >= 0.3 is 0 Å².